The van der Waals surface area contributed by atoms with Crippen molar-refractivity contribution in [2.75, 3.05) is 7.11 Å². The third kappa shape index (κ3) is 2.93. The van der Waals surface area contributed by atoms with Crippen LogP contribution in [-0.4, -0.2) is 7.11 Å². The molecule has 0 spiro atoms. The highest BCUT2D eigenvalue weighted by Gasteiger charge is 2.08. The molecule has 0 aliphatic carbocycles. The average Bonchev–Trinajstić information content (AvgIpc) is 2.32. The second-order valence-corrected chi connectivity index (χ2v) is 4.57. The van der Waals surface area contributed by atoms with Crippen LogP contribution in [-0.2, 0) is 6.42 Å². The predicted molar refractivity (Wildman–Crippen MR) is 72.3 cm³/mol. The van der Waals surface area contributed by atoms with Crippen molar-refractivity contribution >= 4 is 23.2 Å². The molecule has 0 unspecified atom stereocenters. The Morgan fingerprint density at radius 2 is 1.82 bits per heavy atom. The first kappa shape index (κ1) is 12.3. The summed E-state index contributed by atoms with van der Waals surface area (Å²) >= 11 is 12.1. The Morgan fingerprint density at radius 1 is 1.06 bits per heavy atom. The van der Waals surface area contributed by atoms with Gasteiger partial charge >= 0.3 is 0 Å². The number of benzene rings is 2. The molecule has 2 aromatic carbocycles. The fourth-order valence-corrected chi connectivity index (χ4v) is 2.20. The topological polar surface area (TPSA) is 9.23 Å². The Balaban J connectivity index is 2.35. The van der Waals surface area contributed by atoms with Crippen molar-refractivity contribution in [1.82, 2.24) is 0 Å². The van der Waals surface area contributed by atoms with E-state index in [1.54, 1.807) is 7.11 Å². The molecular weight excluding hydrogens is 255 g/mol. The van der Waals surface area contributed by atoms with Crippen LogP contribution >= 0.6 is 23.2 Å². The molecule has 17 heavy (non-hydrogen) atoms. The molecule has 0 saturated carbocycles. The summed E-state index contributed by atoms with van der Waals surface area (Å²) in [6, 6.07) is 13.4. The maximum atomic E-state index is 6.18. The number of methoxy groups -OCH3 is 1. The van der Waals surface area contributed by atoms with Gasteiger partial charge in [0, 0.05) is 22.0 Å². The first-order valence-electron chi connectivity index (χ1n) is 5.26. The van der Waals surface area contributed by atoms with Crippen LogP contribution in [0, 0.1) is 0 Å². The van der Waals surface area contributed by atoms with Gasteiger partial charge in [0.15, 0.2) is 0 Å². The lowest BCUT2D eigenvalue weighted by atomic mass is 10.0. The summed E-state index contributed by atoms with van der Waals surface area (Å²) in [6.45, 7) is 0. The van der Waals surface area contributed by atoms with Crippen LogP contribution < -0.4 is 4.74 Å². The highest BCUT2D eigenvalue weighted by Crippen LogP contribution is 2.29. The molecule has 0 amide bonds. The molecule has 0 fully saturated rings. The average molecular weight is 267 g/mol. The highest BCUT2D eigenvalue weighted by molar-refractivity contribution is 6.31. The lowest BCUT2D eigenvalue weighted by molar-refractivity contribution is 0.410. The third-order valence-electron chi connectivity index (χ3n) is 2.57. The van der Waals surface area contributed by atoms with Crippen molar-refractivity contribution in [3.05, 3.63) is 63.6 Å². The van der Waals surface area contributed by atoms with Crippen LogP contribution in [0.5, 0.6) is 5.75 Å². The maximum absolute atomic E-state index is 6.18. The van der Waals surface area contributed by atoms with Gasteiger partial charge in [0.25, 0.3) is 0 Å². The van der Waals surface area contributed by atoms with Crippen molar-refractivity contribution in [1.29, 1.82) is 0 Å². The van der Waals surface area contributed by atoms with E-state index in [4.69, 9.17) is 27.9 Å². The minimum absolute atomic E-state index is 0.712. The normalized spacial score (nSPS) is 10.3. The molecule has 0 aliphatic heterocycles. The number of ether oxygens (including phenoxy) is 1. The minimum atomic E-state index is 0.712. The van der Waals surface area contributed by atoms with Gasteiger partial charge in [-0.1, -0.05) is 41.4 Å². The van der Waals surface area contributed by atoms with Crippen LogP contribution in [0.1, 0.15) is 11.1 Å². The molecule has 0 N–H and O–H groups in total. The third-order valence-corrected chi connectivity index (χ3v) is 3.15. The number of halogens is 2. The summed E-state index contributed by atoms with van der Waals surface area (Å²) in [4.78, 5) is 0. The smallest absolute Gasteiger partial charge is 0.123 e. The zero-order chi connectivity index (χ0) is 12.3. The standard InChI is InChI=1S/C14H12Cl2O/c1-17-14-7-3-6-13(16)12(14)9-10-4-2-5-11(15)8-10/h2-8H,9H2,1H3. The second kappa shape index (κ2) is 5.44. The van der Waals surface area contributed by atoms with E-state index in [-0.39, 0.29) is 0 Å². The summed E-state index contributed by atoms with van der Waals surface area (Å²) in [5.41, 5.74) is 2.10. The molecule has 3 heteroatoms. The molecule has 0 radical (unpaired) electrons. The monoisotopic (exact) mass is 266 g/mol. The Kier molecular flexibility index (Phi) is 3.93. The van der Waals surface area contributed by atoms with Gasteiger partial charge in [0.05, 0.1) is 7.11 Å². The van der Waals surface area contributed by atoms with E-state index in [9.17, 15) is 0 Å². The van der Waals surface area contributed by atoms with Crippen LogP contribution in [0.4, 0.5) is 0 Å². The van der Waals surface area contributed by atoms with Gasteiger partial charge < -0.3 is 4.74 Å². The molecule has 0 aromatic heterocycles. The molecule has 2 aromatic rings. The van der Waals surface area contributed by atoms with Gasteiger partial charge in [-0.3, -0.25) is 0 Å². The van der Waals surface area contributed by atoms with Crippen LogP contribution in [0.15, 0.2) is 42.5 Å². The first-order valence-corrected chi connectivity index (χ1v) is 6.02. The summed E-state index contributed by atoms with van der Waals surface area (Å²) in [5, 5.41) is 1.44. The fourth-order valence-electron chi connectivity index (χ4n) is 1.75. The maximum Gasteiger partial charge on any atom is 0.123 e. The molecule has 0 heterocycles. The quantitative estimate of drug-likeness (QED) is 0.790. The summed E-state index contributed by atoms with van der Waals surface area (Å²) in [6.07, 6.45) is 0.712. The molecule has 0 atom stereocenters. The van der Waals surface area contributed by atoms with Gasteiger partial charge in [-0.15, -0.1) is 0 Å². The first-order chi connectivity index (χ1) is 8.20. The largest absolute Gasteiger partial charge is 0.496 e. The van der Waals surface area contributed by atoms with Gasteiger partial charge in [-0.2, -0.15) is 0 Å². The molecule has 0 aliphatic rings. The lowest BCUT2D eigenvalue weighted by Crippen LogP contribution is -1.94. The zero-order valence-electron chi connectivity index (χ0n) is 9.41. The van der Waals surface area contributed by atoms with Crippen molar-refractivity contribution in [3.8, 4) is 5.75 Å². The zero-order valence-corrected chi connectivity index (χ0v) is 10.9. The minimum Gasteiger partial charge on any atom is -0.496 e. The number of rotatable bonds is 3. The van der Waals surface area contributed by atoms with Gasteiger partial charge in [-0.05, 0) is 29.8 Å². The second-order valence-electron chi connectivity index (χ2n) is 3.73. The molecular formula is C14H12Cl2O. The molecule has 88 valence electrons. The van der Waals surface area contributed by atoms with Gasteiger partial charge in [0.2, 0.25) is 0 Å². The van der Waals surface area contributed by atoms with E-state index in [1.807, 2.05) is 42.5 Å². The molecule has 0 saturated heterocycles. The number of hydrogen-bond donors (Lipinski definition) is 0. The molecule has 0 bridgehead atoms. The summed E-state index contributed by atoms with van der Waals surface area (Å²) < 4.78 is 5.31. The highest BCUT2D eigenvalue weighted by atomic mass is 35.5. The number of hydrogen-bond acceptors (Lipinski definition) is 1. The Labute approximate surface area is 111 Å². The van der Waals surface area contributed by atoms with Gasteiger partial charge in [0.1, 0.15) is 5.75 Å². The van der Waals surface area contributed by atoms with E-state index in [0.717, 1.165) is 21.9 Å². The Bertz CT molecular complexity index is 523. The summed E-state index contributed by atoms with van der Waals surface area (Å²) in [7, 11) is 1.65. The van der Waals surface area contributed by atoms with E-state index >= 15 is 0 Å². The van der Waals surface area contributed by atoms with Crippen molar-refractivity contribution in [2.45, 2.75) is 6.42 Å². The fraction of sp³-hybridized carbons (Fsp3) is 0.143. The summed E-state index contributed by atoms with van der Waals surface area (Å²) in [5.74, 6) is 0.803. The SMILES string of the molecule is COc1cccc(Cl)c1Cc1cccc(Cl)c1. The Morgan fingerprint density at radius 3 is 2.53 bits per heavy atom. The van der Waals surface area contributed by atoms with E-state index in [2.05, 4.69) is 0 Å². The van der Waals surface area contributed by atoms with Crippen LogP contribution in [0.25, 0.3) is 0 Å². The predicted octanol–water partition coefficient (Wildman–Crippen LogP) is 4.59. The Hall–Kier alpha value is -1.18. The van der Waals surface area contributed by atoms with E-state index < -0.39 is 0 Å². The molecule has 1 nitrogen and oxygen atoms in total. The van der Waals surface area contributed by atoms with Crippen LogP contribution in [0.3, 0.4) is 0 Å². The van der Waals surface area contributed by atoms with Crippen molar-refractivity contribution < 1.29 is 4.74 Å². The van der Waals surface area contributed by atoms with Crippen LogP contribution in [0.2, 0.25) is 10.0 Å². The van der Waals surface area contributed by atoms with Crippen molar-refractivity contribution in [2.24, 2.45) is 0 Å². The van der Waals surface area contributed by atoms with Crippen molar-refractivity contribution in [3.63, 3.8) is 0 Å². The molecule has 2 rings (SSSR count). The van der Waals surface area contributed by atoms with Gasteiger partial charge in [-0.25, -0.2) is 0 Å². The van der Waals surface area contributed by atoms with E-state index in [0.29, 0.717) is 11.4 Å². The lowest BCUT2D eigenvalue weighted by Gasteiger charge is -2.10. The van der Waals surface area contributed by atoms with E-state index in [1.165, 1.54) is 0 Å².